The number of hydrogen-bond donors (Lipinski definition) is 1. The van der Waals surface area contributed by atoms with Crippen LogP contribution in [-0.2, 0) is 0 Å². The van der Waals surface area contributed by atoms with Crippen LogP contribution in [0.25, 0.3) is 0 Å². The van der Waals surface area contributed by atoms with Gasteiger partial charge in [0.25, 0.3) is 0 Å². The van der Waals surface area contributed by atoms with E-state index in [1.54, 1.807) is 5.56 Å². The molecule has 2 fully saturated rings. The van der Waals surface area contributed by atoms with Crippen molar-refractivity contribution in [2.24, 2.45) is 5.92 Å². The van der Waals surface area contributed by atoms with Crippen molar-refractivity contribution in [2.45, 2.75) is 50.5 Å². The maximum Gasteiger partial charge on any atom is 0.0447 e. The fourth-order valence-electron chi connectivity index (χ4n) is 3.43. The molecule has 1 nitrogen and oxygen atoms in total. The van der Waals surface area contributed by atoms with Gasteiger partial charge < -0.3 is 5.32 Å². The molecular weight excluding hydrogens is 230 g/mol. The molecule has 0 radical (unpaired) electrons. The smallest absolute Gasteiger partial charge is 0.0447 e. The summed E-state index contributed by atoms with van der Waals surface area (Å²) >= 11 is 0. The molecule has 1 heteroatoms. The topological polar surface area (TPSA) is 21.9 Å². The zero-order chi connectivity index (χ0) is 13.1. The zero-order valence-corrected chi connectivity index (χ0v) is 11.8. The maximum atomic E-state index is 3.83. The molecule has 1 heterocycles. The van der Waals surface area contributed by atoms with Crippen LogP contribution in [0.15, 0.2) is 36.9 Å². The van der Waals surface area contributed by atoms with Crippen LogP contribution in [0.1, 0.15) is 61.6 Å². The summed E-state index contributed by atoms with van der Waals surface area (Å²) < 4.78 is 0. The lowest BCUT2D eigenvalue weighted by atomic mass is 9.77. The number of rotatable bonds is 5. The molecule has 0 bridgehead atoms. The van der Waals surface area contributed by atoms with E-state index in [1.165, 1.54) is 44.1 Å². The van der Waals surface area contributed by atoms with Gasteiger partial charge in [0.05, 0.1) is 0 Å². The Bertz CT molecular complexity index is 408. The second-order valence-corrected chi connectivity index (χ2v) is 6.21. The van der Waals surface area contributed by atoms with Crippen LogP contribution in [0.4, 0.5) is 0 Å². The molecule has 2 aliphatic rings. The highest BCUT2D eigenvalue weighted by Crippen LogP contribution is 2.38. The molecule has 1 aliphatic heterocycles. The van der Waals surface area contributed by atoms with Crippen LogP contribution in [0.5, 0.6) is 0 Å². The van der Waals surface area contributed by atoms with Gasteiger partial charge in [0.2, 0.25) is 0 Å². The summed E-state index contributed by atoms with van der Waals surface area (Å²) in [6.07, 6.45) is 10.2. The monoisotopic (exact) mass is 255 g/mol. The molecule has 3 rings (SSSR count). The third-order valence-corrected chi connectivity index (χ3v) is 4.84. The molecular formula is C18H25N. The normalized spacial score (nSPS) is 30.0. The van der Waals surface area contributed by atoms with E-state index >= 15 is 0 Å². The van der Waals surface area contributed by atoms with E-state index in [2.05, 4.69) is 42.2 Å². The Morgan fingerprint density at radius 2 is 1.68 bits per heavy atom. The average molecular weight is 255 g/mol. The van der Waals surface area contributed by atoms with Gasteiger partial charge in [0, 0.05) is 12.6 Å². The molecule has 0 amide bonds. The highest BCUT2D eigenvalue weighted by Gasteiger charge is 2.24. The van der Waals surface area contributed by atoms with Gasteiger partial charge in [-0.2, -0.15) is 0 Å². The first-order valence-corrected chi connectivity index (χ1v) is 7.81. The van der Waals surface area contributed by atoms with Crippen molar-refractivity contribution in [1.29, 1.82) is 0 Å². The Hall–Kier alpha value is -1.08. The predicted octanol–water partition coefficient (Wildman–Crippen LogP) is 4.57. The minimum Gasteiger partial charge on any atom is -0.307 e. The van der Waals surface area contributed by atoms with Crippen LogP contribution in [-0.4, -0.2) is 6.54 Å². The van der Waals surface area contributed by atoms with E-state index in [1.807, 2.05) is 0 Å². The third kappa shape index (κ3) is 3.27. The van der Waals surface area contributed by atoms with Crippen LogP contribution in [0.2, 0.25) is 0 Å². The molecule has 0 aromatic heterocycles. The molecule has 0 spiro atoms. The average Bonchev–Trinajstić information content (AvgIpc) is 3.31. The van der Waals surface area contributed by atoms with Gasteiger partial charge in [-0.1, -0.05) is 30.3 Å². The minimum absolute atomic E-state index is 0.642. The Kier molecular flexibility index (Phi) is 4.03. The summed E-state index contributed by atoms with van der Waals surface area (Å²) in [5.41, 5.74) is 3.02. The lowest BCUT2D eigenvalue weighted by Crippen LogP contribution is -2.13. The van der Waals surface area contributed by atoms with Crippen molar-refractivity contribution in [3.05, 3.63) is 48.0 Å². The van der Waals surface area contributed by atoms with Crippen molar-refractivity contribution in [3.8, 4) is 0 Å². The zero-order valence-electron chi connectivity index (χ0n) is 11.8. The summed E-state index contributed by atoms with van der Waals surface area (Å²) in [6.45, 7) is 4.99. The molecule has 1 N–H and O–H groups in total. The summed E-state index contributed by atoms with van der Waals surface area (Å²) in [5, 5.41) is 3.37. The van der Waals surface area contributed by atoms with E-state index in [0.29, 0.717) is 6.04 Å². The first-order chi connectivity index (χ1) is 9.36. The van der Waals surface area contributed by atoms with Crippen LogP contribution in [0.3, 0.4) is 0 Å². The highest BCUT2D eigenvalue weighted by molar-refractivity contribution is 5.30. The number of allylic oxidation sites excluding steroid dienone is 1. The first kappa shape index (κ1) is 12.9. The number of nitrogens with one attached hydrogen (secondary N) is 1. The molecule has 1 atom stereocenters. The molecule has 19 heavy (non-hydrogen) atoms. The Balaban J connectivity index is 1.54. The first-order valence-electron chi connectivity index (χ1n) is 7.81. The van der Waals surface area contributed by atoms with Gasteiger partial charge in [-0.05, 0) is 61.5 Å². The van der Waals surface area contributed by atoms with Gasteiger partial charge in [0.15, 0.2) is 0 Å². The number of benzene rings is 1. The summed E-state index contributed by atoms with van der Waals surface area (Å²) in [5.74, 6) is 1.75. The molecule has 1 saturated heterocycles. The standard InChI is InChI=1S/C18H25N/c1-2-3-4-14-5-7-15(8-6-14)16-9-11-17(12-10-16)18-13-19-18/h2,9-12,14-15,18-19H,1,3-8,13H2. The van der Waals surface area contributed by atoms with Crippen molar-refractivity contribution in [2.75, 3.05) is 6.54 Å². The Labute approximate surface area is 117 Å². The second-order valence-electron chi connectivity index (χ2n) is 6.21. The van der Waals surface area contributed by atoms with E-state index in [4.69, 9.17) is 0 Å². The van der Waals surface area contributed by atoms with E-state index in [-0.39, 0.29) is 0 Å². The van der Waals surface area contributed by atoms with Gasteiger partial charge in [0.1, 0.15) is 0 Å². The van der Waals surface area contributed by atoms with Crippen molar-refractivity contribution < 1.29 is 0 Å². The SMILES string of the molecule is C=CCCC1CCC(c2ccc(C3CN3)cc2)CC1. The van der Waals surface area contributed by atoms with E-state index in [0.717, 1.165) is 18.4 Å². The summed E-state index contributed by atoms with van der Waals surface area (Å²) in [7, 11) is 0. The lowest BCUT2D eigenvalue weighted by Gasteiger charge is -2.28. The predicted molar refractivity (Wildman–Crippen MR) is 81.3 cm³/mol. The fraction of sp³-hybridized carbons (Fsp3) is 0.556. The quantitative estimate of drug-likeness (QED) is 0.604. The maximum absolute atomic E-state index is 3.83. The number of hydrogen-bond acceptors (Lipinski definition) is 1. The molecule has 1 unspecified atom stereocenters. The van der Waals surface area contributed by atoms with E-state index < -0.39 is 0 Å². The van der Waals surface area contributed by atoms with Gasteiger partial charge in [-0.25, -0.2) is 0 Å². The van der Waals surface area contributed by atoms with Crippen LogP contribution < -0.4 is 5.32 Å². The molecule has 1 aromatic rings. The highest BCUT2D eigenvalue weighted by atomic mass is 15.1. The summed E-state index contributed by atoms with van der Waals surface area (Å²) in [4.78, 5) is 0. The summed E-state index contributed by atoms with van der Waals surface area (Å²) in [6, 6.07) is 10.0. The fourth-order valence-corrected chi connectivity index (χ4v) is 3.43. The van der Waals surface area contributed by atoms with Gasteiger partial charge >= 0.3 is 0 Å². The van der Waals surface area contributed by atoms with Crippen LogP contribution >= 0.6 is 0 Å². The second kappa shape index (κ2) is 5.92. The van der Waals surface area contributed by atoms with Crippen LogP contribution in [0, 0.1) is 5.92 Å². The molecule has 102 valence electrons. The Morgan fingerprint density at radius 1 is 1.05 bits per heavy atom. The molecule has 1 saturated carbocycles. The lowest BCUT2D eigenvalue weighted by molar-refractivity contribution is 0.312. The van der Waals surface area contributed by atoms with Crippen molar-refractivity contribution in [1.82, 2.24) is 5.32 Å². The molecule has 1 aliphatic carbocycles. The van der Waals surface area contributed by atoms with Gasteiger partial charge in [-0.15, -0.1) is 6.58 Å². The minimum atomic E-state index is 0.642. The Morgan fingerprint density at radius 3 is 2.26 bits per heavy atom. The van der Waals surface area contributed by atoms with E-state index in [9.17, 15) is 0 Å². The molecule has 1 aromatic carbocycles. The largest absolute Gasteiger partial charge is 0.307 e. The third-order valence-electron chi connectivity index (χ3n) is 4.84. The van der Waals surface area contributed by atoms with Crippen molar-refractivity contribution in [3.63, 3.8) is 0 Å². The van der Waals surface area contributed by atoms with Crippen molar-refractivity contribution >= 4 is 0 Å². The van der Waals surface area contributed by atoms with Gasteiger partial charge in [-0.3, -0.25) is 0 Å².